The third kappa shape index (κ3) is 1.96. The van der Waals surface area contributed by atoms with Crippen LogP contribution in [-0.2, 0) is 0 Å². The van der Waals surface area contributed by atoms with Gasteiger partial charge in [0.05, 0.1) is 13.2 Å². The minimum Gasteiger partial charge on any atom is -0.492 e. The molecule has 4 heteroatoms. The van der Waals surface area contributed by atoms with E-state index >= 15 is 0 Å². The van der Waals surface area contributed by atoms with Gasteiger partial charge in [0.15, 0.2) is 11.5 Å². The molecule has 86 valence electrons. The van der Waals surface area contributed by atoms with Gasteiger partial charge in [-0.25, -0.2) is 4.79 Å². The van der Waals surface area contributed by atoms with Crippen molar-refractivity contribution in [2.45, 2.75) is 25.4 Å². The molecule has 2 rings (SSSR count). The summed E-state index contributed by atoms with van der Waals surface area (Å²) in [6, 6.07) is 4.92. The highest BCUT2D eigenvalue weighted by Gasteiger charge is 2.22. The Hall–Kier alpha value is -1.71. The largest absolute Gasteiger partial charge is 0.492 e. The lowest BCUT2D eigenvalue weighted by atomic mass is 9.96. The molecular formula is C12H14O4. The maximum Gasteiger partial charge on any atom is 0.339 e. The maximum absolute atomic E-state index is 11.0. The van der Waals surface area contributed by atoms with Crippen molar-refractivity contribution in [2.75, 3.05) is 7.11 Å². The normalized spacial score (nSPS) is 15.3. The SMILES string of the molecule is COc1c(OC2CCC2)cccc1C(=O)O. The van der Waals surface area contributed by atoms with E-state index in [2.05, 4.69) is 0 Å². The molecule has 0 spiro atoms. The first-order valence-corrected chi connectivity index (χ1v) is 5.29. The van der Waals surface area contributed by atoms with Crippen LogP contribution in [0.4, 0.5) is 0 Å². The van der Waals surface area contributed by atoms with Crippen molar-refractivity contribution in [3.63, 3.8) is 0 Å². The molecule has 0 radical (unpaired) electrons. The van der Waals surface area contributed by atoms with Crippen LogP contribution >= 0.6 is 0 Å². The highest BCUT2D eigenvalue weighted by Crippen LogP contribution is 2.34. The Balaban J connectivity index is 2.28. The Morgan fingerprint density at radius 2 is 2.19 bits per heavy atom. The Kier molecular flexibility index (Phi) is 2.99. The third-order valence-corrected chi connectivity index (χ3v) is 2.76. The van der Waals surface area contributed by atoms with Crippen molar-refractivity contribution in [1.82, 2.24) is 0 Å². The number of carboxylic acid groups (broad SMARTS) is 1. The molecular weight excluding hydrogens is 208 g/mol. The van der Waals surface area contributed by atoms with Crippen LogP contribution < -0.4 is 9.47 Å². The van der Waals surface area contributed by atoms with Crippen molar-refractivity contribution >= 4 is 5.97 Å². The van der Waals surface area contributed by atoms with Crippen LogP contribution in [-0.4, -0.2) is 24.3 Å². The summed E-state index contributed by atoms with van der Waals surface area (Å²) in [6.07, 6.45) is 3.44. The Morgan fingerprint density at radius 3 is 2.69 bits per heavy atom. The Labute approximate surface area is 93.8 Å². The van der Waals surface area contributed by atoms with E-state index in [0.717, 1.165) is 12.8 Å². The molecule has 0 aromatic heterocycles. The molecule has 0 atom stereocenters. The fourth-order valence-electron chi connectivity index (χ4n) is 1.66. The Bertz CT molecular complexity index is 396. The first-order chi connectivity index (χ1) is 7.72. The summed E-state index contributed by atoms with van der Waals surface area (Å²) in [6.45, 7) is 0. The molecule has 0 unspecified atom stereocenters. The van der Waals surface area contributed by atoms with E-state index in [9.17, 15) is 4.79 Å². The number of ether oxygens (including phenoxy) is 2. The quantitative estimate of drug-likeness (QED) is 0.849. The van der Waals surface area contributed by atoms with E-state index in [-0.39, 0.29) is 11.7 Å². The van der Waals surface area contributed by atoms with E-state index in [0.29, 0.717) is 11.5 Å². The van der Waals surface area contributed by atoms with E-state index in [4.69, 9.17) is 14.6 Å². The molecule has 0 bridgehead atoms. The second-order valence-corrected chi connectivity index (χ2v) is 3.81. The minimum atomic E-state index is -1.00. The van der Waals surface area contributed by atoms with Gasteiger partial charge in [0.1, 0.15) is 5.56 Å². The van der Waals surface area contributed by atoms with Gasteiger partial charge in [-0.3, -0.25) is 0 Å². The summed E-state index contributed by atoms with van der Waals surface area (Å²) in [7, 11) is 1.45. The number of aromatic carboxylic acids is 1. The highest BCUT2D eigenvalue weighted by molar-refractivity contribution is 5.92. The summed E-state index contributed by atoms with van der Waals surface area (Å²) < 4.78 is 10.8. The predicted octanol–water partition coefficient (Wildman–Crippen LogP) is 2.32. The summed E-state index contributed by atoms with van der Waals surface area (Å²) in [4.78, 5) is 11.0. The van der Waals surface area contributed by atoms with Crippen molar-refractivity contribution in [2.24, 2.45) is 0 Å². The van der Waals surface area contributed by atoms with Crippen LogP contribution in [0, 0.1) is 0 Å². The second-order valence-electron chi connectivity index (χ2n) is 3.81. The monoisotopic (exact) mass is 222 g/mol. The van der Waals surface area contributed by atoms with Gasteiger partial charge < -0.3 is 14.6 Å². The molecule has 0 heterocycles. The van der Waals surface area contributed by atoms with Gasteiger partial charge in [-0.1, -0.05) is 6.07 Å². The summed E-state index contributed by atoms with van der Waals surface area (Å²) >= 11 is 0. The number of hydrogen-bond donors (Lipinski definition) is 1. The van der Waals surface area contributed by atoms with Gasteiger partial charge in [-0.2, -0.15) is 0 Å². The van der Waals surface area contributed by atoms with Gasteiger partial charge in [0.2, 0.25) is 0 Å². The zero-order valence-electron chi connectivity index (χ0n) is 9.10. The van der Waals surface area contributed by atoms with Crippen LogP contribution in [0.3, 0.4) is 0 Å². The van der Waals surface area contributed by atoms with Crippen LogP contribution in [0.2, 0.25) is 0 Å². The number of carbonyl (C=O) groups is 1. The van der Waals surface area contributed by atoms with Crippen LogP contribution in [0.25, 0.3) is 0 Å². The predicted molar refractivity (Wildman–Crippen MR) is 58.2 cm³/mol. The molecule has 1 aromatic rings. The smallest absolute Gasteiger partial charge is 0.339 e. The van der Waals surface area contributed by atoms with Crippen LogP contribution in [0.5, 0.6) is 11.5 Å². The lowest BCUT2D eigenvalue weighted by Gasteiger charge is -2.27. The van der Waals surface area contributed by atoms with Crippen LogP contribution in [0.1, 0.15) is 29.6 Å². The topological polar surface area (TPSA) is 55.8 Å². The Morgan fingerprint density at radius 1 is 1.44 bits per heavy atom. The zero-order chi connectivity index (χ0) is 11.5. The van der Waals surface area contributed by atoms with Crippen molar-refractivity contribution in [3.8, 4) is 11.5 Å². The molecule has 1 saturated carbocycles. The lowest BCUT2D eigenvalue weighted by Crippen LogP contribution is -2.24. The summed E-state index contributed by atoms with van der Waals surface area (Å²) in [5.74, 6) is -0.176. The number of para-hydroxylation sites is 1. The van der Waals surface area contributed by atoms with Crippen molar-refractivity contribution in [1.29, 1.82) is 0 Å². The zero-order valence-corrected chi connectivity index (χ0v) is 9.10. The minimum absolute atomic E-state index is 0.138. The number of carboxylic acids is 1. The number of hydrogen-bond acceptors (Lipinski definition) is 3. The van der Waals surface area contributed by atoms with E-state index in [1.165, 1.54) is 19.6 Å². The first-order valence-electron chi connectivity index (χ1n) is 5.29. The van der Waals surface area contributed by atoms with Gasteiger partial charge >= 0.3 is 5.97 Å². The van der Waals surface area contributed by atoms with E-state index in [1.807, 2.05) is 0 Å². The molecule has 1 aromatic carbocycles. The second kappa shape index (κ2) is 4.43. The number of methoxy groups -OCH3 is 1. The maximum atomic E-state index is 11.0. The highest BCUT2D eigenvalue weighted by atomic mass is 16.5. The molecule has 1 fully saturated rings. The lowest BCUT2D eigenvalue weighted by molar-refractivity contribution is 0.0689. The average molecular weight is 222 g/mol. The fraction of sp³-hybridized carbons (Fsp3) is 0.417. The molecule has 16 heavy (non-hydrogen) atoms. The number of benzene rings is 1. The number of rotatable bonds is 4. The van der Waals surface area contributed by atoms with E-state index in [1.54, 1.807) is 12.1 Å². The van der Waals surface area contributed by atoms with Gasteiger partial charge in [0, 0.05) is 0 Å². The molecule has 1 aliphatic rings. The molecule has 0 aliphatic heterocycles. The third-order valence-electron chi connectivity index (χ3n) is 2.76. The van der Waals surface area contributed by atoms with Crippen molar-refractivity contribution < 1.29 is 19.4 Å². The standard InChI is InChI=1S/C12H14O4/c1-15-11-9(12(13)14)6-3-7-10(11)16-8-4-2-5-8/h3,6-8H,2,4-5H2,1H3,(H,13,14). The molecule has 1 aliphatic carbocycles. The summed E-state index contributed by atoms with van der Waals surface area (Å²) in [5.41, 5.74) is 0.138. The molecule has 0 saturated heterocycles. The summed E-state index contributed by atoms with van der Waals surface area (Å²) in [5, 5.41) is 8.99. The van der Waals surface area contributed by atoms with Crippen molar-refractivity contribution in [3.05, 3.63) is 23.8 Å². The first kappa shape index (κ1) is 10.8. The molecule has 1 N–H and O–H groups in total. The fourth-order valence-corrected chi connectivity index (χ4v) is 1.66. The van der Waals surface area contributed by atoms with Crippen LogP contribution in [0.15, 0.2) is 18.2 Å². The molecule has 4 nitrogen and oxygen atoms in total. The van der Waals surface area contributed by atoms with Gasteiger partial charge in [0.25, 0.3) is 0 Å². The van der Waals surface area contributed by atoms with E-state index < -0.39 is 5.97 Å². The average Bonchev–Trinajstić information content (AvgIpc) is 2.22. The molecule has 0 amide bonds. The van der Waals surface area contributed by atoms with Gasteiger partial charge in [-0.15, -0.1) is 0 Å². The van der Waals surface area contributed by atoms with Gasteiger partial charge in [-0.05, 0) is 31.4 Å².